The zero-order chi connectivity index (χ0) is 22.5. The molecule has 3 aromatic rings. The minimum Gasteiger partial charge on any atom is -0.359 e. The summed E-state index contributed by atoms with van der Waals surface area (Å²) in [5.41, 5.74) is 13.9. The quantitative estimate of drug-likeness (QED) is 0.398. The Bertz CT molecular complexity index is 973. The van der Waals surface area contributed by atoms with Gasteiger partial charge in [0.1, 0.15) is 12.0 Å². The Balaban J connectivity index is 0.000000318. The van der Waals surface area contributed by atoms with E-state index in [0.29, 0.717) is 24.3 Å². The van der Waals surface area contributed by atoms with E-state index in [1.165, 1.54) is 7.05 Å². The zero-order valence-electron chi connectivity index (χ0n) is 18.0. The molecule has 3 rings (SSSR count). The third-order valence-corrected chi connectivity index (χ3v) is 4.08. The normalized spacial score (nSPS) is 10.2. The van der Waals surface area contributed by atoms with Gasteiger partial charge in [-0.25, -0.2) is 4.98 Å². The highest BCUT2D eigenvalue weighted by molar-refractivity contribution is 5.86. The number of nitrogens with zero attached hydrogens (tertiary/aromatic N) is 4. The molecule has 0 unspecified atom stereocenters. The molecule has 0 saturated heterocycles. The summed E-state index contributed by atoms with van der Waals surface area (Å²) < 4.78 is 3.72. The maximum Gasteiger partial charge on any atom is 0.203 e. The number of anilines is 1. The van der Waals surface area contributed by atoms with Crippen LogP contribution in [0, 0.1) is 6.92 Å². The molecule has 0 fully saturated rings. The molecule has 30 heavy (non-hydrogen) atoms. The molecule has 0 radical (unpaired) electrons. The van der Waals surface area contributed by atoms with Crippen LogP contribution in [0.4, 0.5) is 5.95 Å². The van der Waals surface area contributed by atoms with Crippen LogP contribution in [0.25, 0.3) is 11.0 Å². The van der Waals surface area contributed by atoms with Crippen LogP contribution >= 0.6 is 0 Å². The highest BCUT2D eigenvalue weighted by Crippen LogP contribution is 2.20. The molecular weight excluding hydrogens is 382 g/mol. The summed E-state index contributed by atoms with van der Waals surface area (Å²) >= 11 is 0. The van der Waals surface area contributed by atoms with E-state index in [1.807, 2.05) is 43.7 Å². The fourth-order valence-electron chi connectivity index (χ4n) is 2.79. The van der Waals surface area contributed by atoms with E-state index in [9.17, 15) is 9.59 Å². The van der Waals surface area contributed by atoms with Gasteiger partial charge in [0.2, 0.25) is 5.95 Å². The van der Waals surface area contributed by atoms with Crippen LogP contribution in [0.15, 0.2) is 36.4 Å². The second-order valence-electron chi connectivity index (χ2n) is 6.01. The van der Waals surface area contributed by atoms with Gasteiger partial charge >= 0.3 is 0 Å². The van der Waals surface area contributed by atoms with Crippen LogP contribution < -0.4 is 16.8 Å². The van der Waals surface area contributed by atoms with Gasteiger partial charge < -0.3 is 21.4 Å². The van der Waals surface area contributed by atoms with Gasteiger partial charge in [-0.3, -0.25) is 14.3 Å². The number of hydrogen-bond acceptors (Lipinski definition) is 7. The molecule has 2 aromatic heterocycles. The average molecular weight is 414 g/mol. The number of fused-ring (bicyclic) bond motifs is 1. The molecule has 162 valence electrons. The first-order chi connectivity index (χ1) is 14.6. The van der Waals surface area contributed by atoms with Crippen LogP contribution in [0.5, 0.6) is 0 Å². The number of aldehydes is 2. The number of hydrogen-bond donors (Lipinski definition) is 3. The number of rotatable bonds is 7. The van der Waals surface area contributed by atoms with E-state index in [2.05, 4.69) is 21.1 Å². The number of carbonyl (C=O) groups is 2. The largest absolute Gasteiger partial charge is 0.359 e. The highest BCUT2D eigenvalue weighted by atomic mass is 16.1. The third-order valence-electron chi connectivity index (χ3n) is 4.08. The lowest BCUT2D eigenvalue weighted by Gasteiger charge is -2.05. The Labute approximate surface area is 176 Å². The fourth-order valence-corrected chi connectivity index (χ4v) is 2.79. The van der Waals surface area contributed by atoms with Crippen molar-refractivity contribution >= 4 is 29.6 Å². The number of nitrogens with one attached hydrogen (secondary N) is 1. The smallest absolute Gasteiger partial charge is 0.203 e. The lowest BCUT2D eigenvalue weighted by Crippen LogP contribution is -2.03. The number of aromatic nitrogens is 4. The second kappa shape index (κ2) is 13.0. The van der Waals surface area contributed by atoms with Crippen molar-refractivity contribution in [3.8, 4) is 0 Å². The standard InChI is InChI=1S/C13H16N4O.C7H10N2O.CH5N/c1-15-13-16-11-8-10(9-18)4-5-12(11)17(13)7-3-2-6-14;1-3-9-7(5-10)4-6(2)8-9;1-2/h2-5,8-9H,6-7,14H2,1H3,(H,15,16);4-5H,3H2,1-2H3;2H2,1H3/b3-2+;;. The number of benzene rings is 1. The molecule has 9 heteroatoms. The number of carbonyl (C=O) groups excluding carboxylic acids is 2. The first-order valence-corrected chi connectivity index (χ1v) is 9.63. The summed E-state index contributed by atoms with van der Waals surface area (Å²) in [6, 6.07) is 7.26. The summed E-state index contributed by atoms with van der Waals surface area (Å²) in [5.74, 6) is 0.773. The maximum absolute atomic E-state index is 10.7. The average Bonchev–Trinajstić information content (AvgIpc) is 3.34. The molecule has 0 aliphatic carbocycles. The number of allylic oxidation sites excluding steroid dienone is 1. The van der Waals surface area contributed by atoms with Crippen molar-refractivity contribution in [3.05, 3.63) is 53.4 Å². The third kappa shape index (κ3) is 6.36. The summed E-state index contributed by atoms with van der Waals surface area (Å²) in [6.07, 6.45) is 5.55. The molecule has 0 aliphatic rings. The van der Waals surface area contributed by atoms with Gasteiger partial charge in [-0.05, 0) is 45.2 Å². The maximum atomic E-state index is 10.7. The van der Waals surface area contributed by atoms with Crippen LogP contribution in [-0.2, 0) is 13.1 Å². The molecule has 0 amide bonds. The lowest BCUT2D eigenvalue weighted by atomic mass is 10.2. The van der Waals surface area contributed by atoms with Crippen molar-refractivity contribution in [1.82, 2.24) is 19.3 Å². The van der Waals surface area contributed by atoms with E-state index in [-0.39, 0.29) is 0 Å². The lowest BCUT2D eigenvalue weighted by molar-refractivity contribution is 0.111. The predicted octanol–water partition coefficient (Wildman–Crippen LogP) is 2.00. The van der Waals surface area contributed by atoms with Gasteiger partial charge in [0.25, 0.3) is 0 Å². The van der Waals surface area contributed by atoms with Gasteiger partial charge in [0.05, 0.1) is 16.7 Å². The Morgan fingerprint density at radius 2 is 1.87 bits per heavy atom. The van der Waals surface area contributed by atoms with Gasteiger partial charge in [-0.15, -0.1) is 0 Å². The van der Waals surface area contributed by atoms with Crippen molar-refractivity contribution < 1.29 is 9.59 Å². The van der Waals surface area contributed by atoms with Crippen molar-refractivity contribution in [3.63, 3.8) is 0 Å². The Kier molecular flexibility index (Phi) is 10.7. The summed E-state index contributed by atoms with van der Waals surface area (Å²) in [5, 5.41) is 7.13. The van der Waals surface area contributed by atoms with Gasteiger partial charge in [0, 0.05) is 32.2 Å². The van der Waals surface area contributed by atoms with Crippen LogP contribution in [0.3, 0.4) is 0 Å². The highest BCUT2D eigenvalue weighted by Gasteiger charge is 2.08. The molecule has 1 aromatic carbocycles. The topological polar surface area (TPSA) is 134 Å². The SMILES string of the molecule is CCn1nc(C)cc1C=O.CN.CNc1nc2cc(C=O)ccc2n1C/C=C/CN. The predicted molar refractivity (Wildman–Crippen MR) is 121 cm³/mol. The molecule has 9 nitrogen and oxygen atoms in total. The summed E-state index contributed by atoms with van der Waals surface area (Å²) in [6.45, 7) is 5.81. The summed E-state index contributed by atoms with van der Waals surface area (Å²) in [7, 11) is 3.32. The van der Waals surface area contributed by atoms with E-state index in [4.69, 9.17) is 5.73 Å². The molecule has 0 saturated carbocycles. The number of imidazole rings is 1. The van der Waals surface area contributed by atoms with Crippen LogP contribution in [0.1, 0.15) is 33.5 Å². The van der Waals surface area contributed by atoms with E-state index in [1.54, 1.807) is 22.9 Å². The van der Waals surface area contributed by atoms with E-state index in [0.717, 1.165) is 41.8 Å². The number of aryl methyl sites for hydroxylation is 2. The Morgan fingerprint density at radius 1 is 1.13 bits per heavy atom. The van der Waals surface area contributed by atoms with Crippen molar-refractivity contribution in [2.45, 2.75) is 26.9 Å². The first-order valence-electron chi connectivity index (χ1n) is 9.63. The van der Waals surface area contributed by atoms with Gasteiger partial charge in [-0.1, -0.05) is 12.2 Å². The molecule has 0 spiro atoms. The minimum absolute atomic E-state index is 0.525. The van der Waals surface area contributed by atoms with Crippen molar-refractivity contribution in [2.24, 2.45) is 11.5 Å². The molecular formula is C21H31N7O2. The molecule has 0 aliphatic heterocycles. The van der Waals surface area contributed by atoms with Crippen LogP contribution in [-0.4, -0.2) is 52.5 Å². The monoisotopic (exact) mass is 413 g/mol. The van der Waals surface area contributed by atoms with E-state index < -0.39 is 0 Å². The molecule has 5 N–H and O–H groups in total. The first kappa shape index (κ1) is 24.7. The number of nitrogens with two attached hydrogens (primary N) is 2. The second-order valence-corrected chi connectivity index (χ2v) is 6.01. The van der Waals surface area contributed by atoms with Crippen molar-refractivity contribution in [2.75, 3.05) is 26.0 Å². The molecule has 0 atom stereocenters. The Hall–Kier alpha value is -3.30. The fraction of sp³-hybridized carbons (Fsp3) is 0.333. The van der Waals surface area contributed by atoms with Gasteiger partial charge in [0.15, 0.2) is 6.29 Å². The van der Waals surface area contributed by atoms with E-state index >= 15 is 0 Å². The van der Waals surface area contributed by atoms with Crippen LogP contribution in [0.2, 0.25) is 0 Å². The Morgan fingerprint density at radius 3 is 2.40 bits per heavy atom. The van der Waals surface area contributed by atoms with Crippen molar-refractivity contribution in [1.29, 1.82) is 0 Å². The zero-order valence-corrected chi connectivity index (χ0v) is 18.0. The summed E-state index contributed by atoms with van der Waals surface area (Å²) in [4.78, 5) is 25.5. The molecule has 0 bridgehead atoms. The minimum atomic E-state index is 0.525. The van der Waals surface area contributed by atoms with Gasteiger partial charge in [-0.2, -0.15) is 5.10 Å². The molecule has 2 heterocycles.